The third-order valence-corrected chi connectivity index (χ3v) is 4.75. The molecule has 0 radical (unpaired) electrons. The molecule has 1 aliphatic heterocycles. The highest BCUT2D eigenvalue weighted by Crippen LogP contribution is 2.25. The third kappa shape index (κ3) is 3.32. The number of aryl methyl sites for hydroxylation is 2. The number of rotatable bonds is 5. The topological polar surface area (TPSA) is 47.1 Å². The van der Waals surface area contributed by atoms with Crippen LogP contribution in [0.4, 0.5) is 0 Å². The van der Waals surface area contributed by atoms with Gasteiger partial charge in [-0.15, -0.1) is 0 Å². The number of aromatic nitrogens is 2. The van der Waals surface area contributed by atoms with Crippen molar-refractivity contribution in [3.8, 4) is 0 Å². The lowest BCUT2D eigenvalue weighted by Gasteiger charge is -2.32. The van der Waals surface area contributed by atoms with Crippen LogP contribution in [0.5, 0.6) is 0 Å². The van der Waals surface area contributed by atoms with E-state index in [9.17, 15) is 0 Å². The lowest BCUT2D eigenvalue weighted by molar-refractivity contribution is 0.192. The van der Waals surface area contributed by atoms with E-state index in [1.165, 1.54) is 0 Å². The molecule has 6 heteroatoms. The molecule has 1 unspecified atom stereocenters. The summed E-state index contributed by atoms with van der Waals surface area (Å²) in [7, 11) is 0. The van der Waals surface area contributed by atoms with Crippen molar-refractivity contribution < 1.29 is 0 Å². The average Bonchev–Trinajstić information content (AvgIpc) is 2.75. The Bertz CT molecular complexity index is 486. The highest BCUT2D eigenvalue weighted by molar-refractivity contribution is 7.80. The first kappa shape index (κ1) is 15.7. The molecule has 4 nitrogen and oxygen atoms in total. The van der Waals surface area contributed by atoms with Gasteiger partial charge in [-0.05, 0) is 32.7 Å². The molecule has 1 saturated heterocycles. The SMILES string of the molecule is CCc1nn(CC)c(CN2CCCC(C(N)=S)C2)c1Cl. The Morgan fingerprint density at radius 1 is 1.50 bits per heavy atom. The van der Waals surface area contributed by atoms with Crippen molar-refractivity contribution in [1.29, 1.82) is 0 Å². The van der Waals surface area contributed by atoms with Crippen LogP contribution in [0.3, 0.4) is 0 Å². The van der Waals surface area contributed by atoms with E-state index in [1.54, 1.807) is 0 Å². The summed E-state index contributed by atoms with van der Waals surface area (Å²) in [6, 6.07) is 0. The van der Waals surface area contributed by atoms with Crippen LogP contribution in [0.2, 0.25) is 5.02 Å². The summed E-state index contributed by atoms with van der Waals surface area (Å²) in [5.41, 5.74) is 7.91. The molecule has 0 bridgehead atoms. The van der Waals surface area contributed by atoms with Crippen molar-refractivity contribution in [2.75, 3.05) is 13.1 Å². The maximum Gasteiger partial charge on any atom is 0.0863 e. The maximum atomic E-state index is 6.47. The molecule has 0 amide bonds. The molecular weight excluding hydrogens is 292 g/mol. The molecule has 0 saturated carbocycles. The molecular formula is C14H23ClN4S. The van der Waals surface area contributed by atoms with Crippen LogP contribution in [0.25, 0.3) is 0 Å². The largest absolute Gasteiger partial charge is 0.393 e. The monoisotopic (exact) mass is 314 g/mol. The number of thiocarbonyl (C=S) groups is 1. The van der Waals surface area contributed by atoms with Crippen LogP contribution in [-0.2, 0) is 19.5 Å². The van der Waals surface area contributed by atoms with Crippen LogP contribution in [0, 0.1) is 5.92 Å². The molecule has 1 aromatic heterocycles. The molecule has 1 fully saturated rings. The van der Waals surface area contributed by atoms with E-state index in [2.05, 4.69) is 23.8 Å². The minimum Gasteiger partial charge on any atom is -0.393 e. The van der Waals surface area contributed by atoms with Crippen molar-refractivity contribution in [2.45, 2.75) is 46.2 Å². The predicted molar refractivity (Wildman–Crippen MR) is 87.1 cm³/mol. The van der Waals surface area contributed by atoms with Gasteiger partial charge in [0.15, 0.2) is 0 Å². The van der Waals surface area contributed by atoms with E-state index >= 15 is 0 Å². The lowest BCUT2D eigenvalue weighted by atomic mass is 9.98. The Kier molecular flexibility index (Phi) is 5.41. The van der Waals surface area contributed by atoms with E-state index in [0.29, 0.717) is 10.9 Å². The third-order valence-electron chi connectivity index (χ3n) is 3.98. The molecule has 1 aliphatic rings. The fourth-order valence-electron chi connectivity index (χ4n) is 2.81. The molecule has 2 heterocycles. The first-order chi connectivity index (χ1) is 9.56. The van der Waals surface area contributed by atoms with E-state index in [1.807, 2.05) is 4.68 Å². The first-order valence-corrected chi connectivity index (χ1v) is 8.11. The van der Waals surface area contributed by atoms with Crippen molar-refractivity contribution in [3.05, 3.63) is 16.4 Å². The van der Waals surface area contributed by atoms with Gasteiger partial charge in [0, 0.05) is 25.6 Å². The van der Waals surface area contributed by atoms with Gasteiger partial charge >= 0.3 is 0 Å². The molecule has 0 spiro atoms. The number of halogens is 1. The van der Waals surface area contributed by atoms with Crippen LogP contribution < -0.4 is 5.73 Å². The van der Waals surface area contributed by atoms with Crippen LogP contribution in [0.1, 0.15) is 38.1 Å². The summed E-state index contributed by atoms with van der Waals surface area (Å²) < 4.78 is 2.02. The summed E-state index contributed by atoms with van der Waals surface area (Å²) in [4.78, 5) is 3.03. The van der Waals surface area contributed by atoms with E-state index < -0.39 is 0 Å². The second kappa shape index (κ2) is 6.87. The zero-order valence-corrected chi connectivity index (χ0v) is 13.8. The summed E-state index contributed by atoms with van der Waals surface area (Å²) in [5, 5.41) is 5.40. The van der Waals surface area contributed by atoms with Gasteiger partial charge in [-0.2, -0.15) is 5.10 Å². The average molecular weight is 315 g/mol. The number of hydrogen-bond donors (Lipinski definition) is 1. The van der Waals surface area contributed by atoms with E-state index in [4.69, 9.17) is 29.6 Å². The second-order valence-electron chi connectivity index (χ2n) is 5.35. The predicted octanol–water partition coefficient (Wildman–Crippen LogP) is 2.62. The fraction of sp³-hybridized carbons (Fsp3) is 0.714. The molecule has 20 heavy (non-hydrogen) atoms. The number of hydrogen-bond acceptors (Lipinski definition) is 3. The van der Waals surface area contributed by atoms with Crippen molar-refractivity contribution in [2.24, 2.45) is 11.7 Å². The van der Waals surface area contributed by atoms with Gasteiger partial charge < -0.3 is 5.73 Å². The molecule has 1 atom stereocenters. The normalized spacial score (nSPS) is 20.2. The Balaban J connectivity index is 2.13. The van der Waals surface area contributed by atoms with Crippen molar-refractivity contribution >= 4 is 28.8 Å². The Hall–Kier alpha value is -0.650. The van der Waals surface area contributed by atoms with Gasteiger partial charge in [0.05, 0.1) is 21.4 Å². The first-order valence-electron chi connectivity index (χ1n) is 7.32. The summed E-state index contributed by atoms with van der Waals surface area (Å²) in [6.45, 7) is 7.87. The maximum absolute atomic E-state index is 6.47. The minimum absolute atomic E-state index is 0.334. The Morgan fingerprint density at radius 2 is 2.25 bits per heavy atom. The van der Waals surface area contributed by atoms with Crippen LogP contribution >= 0.6 is 23.8 Å². The molecule has 112 valence electrons. The molecule has 0 aliphatic carbocycles. The lowest BCUT2D eigenvalue weighted by Crippen LogP contribution is -2.40. The van der Waals surface area contributed by atoms with E-state index in [-0.39, 0.29) is 0 Å². The second-order valence-corrected chi connectivity index (χ2v) is 6.20. The Morgan fingerprint density at radius 3 is 2.85 bits per heavy atom. The number of nitrogens with two attached hydrogens (primary N) is 1. The van der Waals surface area contributed by atoms with Gasteiger partial charge in [0.25, 0.3) is 0 Å². The fourth-order valence-corrected chi connectivity index (χ4v) is 3.33. The highest BCUT2D eigenvalue weighted by Gasteiger charge is 2.24. The molecule has 1 aromatic rings. The van der Waals surface area contributed by atoms with Gasteiger partial charge in [-0.3, -0.25) is 9.58 Å². The standard InChI is InChI=1S/C14H23ClN4S/c1-3-11-13(15)12(19(4-2)17-11)9-18-7-5-6-10(8-18)14(16)20/h10H,3-9H2,1-2H3,(H2,16,20). The van der Waals surface area contributed by atoms with Gasteiger partial charge in [0.2, 0.25) is 0 Å². The summed E-state index contributed by atoms with van der Waals surface area (Å²) in [5.74, 6) is 0.334. The number of nitrogens with zero attached hydrogens (tertiary/aromatic N) is 3. The molecule has 2 rings (SSSR count). The number of likely N-dealkylation sites (tertiary alicyclic amines) is 1. The summed E-state index contributed by atoms with van der Waals surface area (Å²) >= 11 is 11.6. The van der Waals surface area contributed by atoms with Crippen LogP contribution in [-0.4, -0.2) is 32.8 Å². The van der Waals surface area contributed by atoms with E-state index in [0.717, 1.165) is 61.9 Å². The zero-order chi connectivity index (χ0) is 14.7. The Labute approximate surface area is 131 Å². The highest BCUT2D eigenvalue weighted by atomic mass is 35.5. The molecule has 2 N–H and O–H groups in total. The van der Waals surface area contributed by atoms with Crippen LogP contribution in [0.15, 0.2) is 0 Å². The molecule has 0 aromatic carbocycles. The van der Waals surface area contributed by atoms with Crippen molar-refractivity contribution in [1.82, 2.24) is 14.7 Å². The van der Waals surface area contributed by atoms with Gasteiger partial charge in [-0.1, -0.05) is 30.7 Å². The number of piperidine rings is 1. The van der Waals surface area contributed by atoms with Gasteiger partial charge in [-0.25, -0.2) is 0 Å². The van der Waals surface area contributed by atoms with Gasteiger partial charge in [0.1, 0.15) is 0 Å². The summed E-state index contributed by atoms with van der Waals surface area (Å²) in [6.07, 6.45) is 3.11. The van der Waals surface area contributed by atoms with Crippen molar-refractivity contribution in [3.63, 3.8) is 0 Å². The smallest absolute Gasteiger partial charge is 0.0863 e. The zero-order valence-electron chi connectivity index (χ0n) is 12.2. The quantitative estimate of drug-likeness (QED) is 0.849. The minimum atomic E-state index is 0.334.